The van der Waals surface area contributed by atoms with Crippen LogP contribution < -0.4 is 20.4 Å². The number of para-hydroxylation sites is 1. The van der Waals surface area contributed by atoms with E-state index >= 15 is 0 Å². The lowest BCUT2D eigenvalue weighted by molar-refractivity contribution is -0.122. The van der Waals surface area contributed by atoms with Gasteiger partial charge in [0.25, 0.3) is 15.9 Å². The average Bonchev–Trinajstić information content (AvgIpc) is 3.09. The molecule has 3 aromatic rings. The summed E-state index contributed by atoms with van der Waals surface area (Å²) in [5.74, 6) is -1.20. The standard InChI is InChI=1S/C20H19ClN4O5S2/c1-13-12-31-20(28)25(13)10-9-18(26)22-23-19(27)14-5-4-6-15(11-14)32(29,30)24-17-8-3-2-7-16(17)21/h2-8,11-12,24H,9-10H2,1H3,(H,22,26)(H,23,27). The number of hydrogen-bond donors (Lipinski definition) is 3. The summed E-state index contributed by atoms with van der Waals surface area (Å²) in [5.41, 5.74) is 5.47. The number of thiazole rings is 1. The summed E-state index contributed by atoms with van der Waals surface area (Å²) in [6.45, 7) is 1.94. The Morgan fingerprint density at radius 3 is 2.53 bits per heavy atom. The van der Waals surface area contributed by atoms with Crippen LogP contribution in [-0.4, -0.2) is 24.8 Å². The van der Waals surface area contributed by atoms with Gasteiger partial charge in [0, 0.05) is 29.6 Å². The van der Waals surface area contributed by atoms with E-state index in [1.54, 1.807) is 30.5 Å². The van der Waals surface area contributed by atoms with Crippen LogP contribution in [0.4, 0.5) is 5.69 Å². The Hall–Kier alpha value is -3.15. The minimum absolute atomic E-state index is 0.0199. The van der Waals surface area contributed by atoms with Gasteiger partial charge in [-0.25, -0.2) is 8.42 Å². The first-order chi connectivity index (χ1) is 15.2. The Bertz CT molecular complexity index is 1320. The zero-order valence-corrected chi connectivity index (χ0v) is 19.2. The molecule has 0 unspecified atom stereocenters. The van der Waals surface area contributed by atoms with Gasteiger partial charge in [-0.2, -0.15) is 0 Å². The molecule has 2 amide bonds. The molecule has 0 spiro atoms. The lowest BCUT2D eigenvalue weighted by Gasteiger charge is -2.11. The van der Waals surface area contributed by atoms with Gasteiger partial charge in [0.1, 0.15) is 0 Å². The van der Waals surface area contributed by atoms with Gasteiger partial charge in [0.05, 0.1) is 15.6 Å². The van der Waals surface area contributed by atoms with Crippen molar-refractivity contribution in [1.82, 2.24) is 15.4 Å². The highest BCUT2D eigenvalue weighted by molar-refractivity contribution is 7.92. The number of halogens is 1. The number of benzene rings is 2. The summed E-state index contributed by atoms with van der Waals surface area (Å²) >= 11 is 7.04. The van der Waals surface area contributed by atoms with Crippen LogP contribution in [0.5, 0.6) is 0 Å². The number of anilines is 1. The molecule has 32 heavy (non-hydrogen) atoms. The number of nitrogens with zero attached hydrogens (tertiary/aromatic N) is 1. The second kappa shape index (κ2) is 9.98. The molecule has 0 saturated carbocycles. The fourth-order valence-corrected chi connectivity index (χ4v) is 4.83. The largest absolute Gasteiger partial charge is 0.307 e. The van der Waals surface area contributed by atoms with E-state index in [1.165, 1.54) is 34.9 Å². The molecule has 0 radical (unpaired) electrons. The molecule has 168 valence electrons. The monoisotopic (exact) mass is 494 g/mol. The van der Waals surface area contributed by atoms with Crippen LogP contribution in [0.25, 0.3) is 0 Å². The molecule has 0 bridgehead atoms. The van der Waals surface area contributed by atoms with Gasteiger partial charge in [-0.15, -0.1) is 0 Å². The van der Waals surface area contributed by atoms with E-state index < -0.39 is 21.8 Å². The van der Waals surface area contributed by atoms with Crippen LogP contribution in [0.15, 0.2) is 63.6 Å². The van der Waals surface area contributed by atoms with Gasteiger partial charge in [-0.3, -0.25) is 30.0 Å². The van der Waals surface area contributed by atoms with E-state index in [1.807, 2.05) is 0 Å². The second-order valence-corrected chi connectivity index (χ2v) is 9.57. The Morgan fingerprint density at radius 2 is 1.84 bits per heavy atom. The van der Waals surface area contributed by atoms with Crippen molar-refractivity contribution < 1.29 is 18.0 Å². The number of carbonyl (C=O) groups excluding carboxylic acids is 2. The maximum absolute atomic E-state index is 12.6. The highest BCUT2D eigenvalue weighted by atomic mass is 35.5. The number of nitrogens with one attached hydrogen (secondary N) is 3. The third-order valence-electron chi connectivity index (χ3n) is 4.38. The molecule has 3 N–H and O–H groups in total. The van der Waals surface area contributed by atoms with E-state index in [4.69, 9.17) is 11.6 Å². The number of hydrazine groups is 1. The number of aryl methyl sites for hydroxylation is 1. The molecule has 0 aliphatic heterocycles. The van der Waals surface area contributed by atoms with Crippen LogP contribution in [-0.2, 0) is 21.4 Å². The number of rotatable bonds is 7. The van der Waals surface area contributed by atoms with Crippen molar-refractivity contribution in [3.63, 3.8) is 0 Å². The van der Waals surface area contributed by atoms with Crippen molar-refractivity contribution >= 4 is 50.5 Å². The first kappa shape index (κ1) is 23.5. The molecule has 2 aromatic carbocycles. The van der Waals surface area contributed by atoms with E-state index in [9.17, 15) is 22.8 Å². The second-order valence-electron chi connectivity index (χ2n) is 6.66. The van der Waals surface area contributed by atoms with E-state index in [-0.39, 0.29) is 39.0 Å². The third-order valence-corrected chi connectivity index (χ3v) is 6.95. The Labute approximate surface area is 193 Å². The number of sulfonamides is 1. The van der Waals surface area contributed by atoms with E-state index in [0.29, 0.717) is 0 Å². The maximum Gasteiger partial charge on any atom is 0.307 e. The number of aromatic nitrogens is 1. The van der Waals surface area contributed by atoms with Crippen LogP contribution in [0, 0.1) is 6.92 Å². The topological polar surface area (TPSA) is 126 Å². The van der Waals surface area contributed by atoms with Gasteiger partial charge in [-0.1, -0.05) is 41.1 Å². The van der Waals surface area contributed by atoms with Crippen molar-refractivity contribution in [2.24, 2.45) is 0 Å². The van der Waals surface area contributed by atoms with Crippen LogP contribution in [0.2, 0.25) is 5.02 Å². The Morgan fingerprint density at radius 1 is 1.09 bits per heavy atom. The maximum atomic E-state index is 12.6. The van der Waals surface area contributed by atoms with Crippen LogP contribution in [0.3, 0.4) is 0 Å². The minimum atomic E-state index is -4.00. The van der Waals surface area contributed by atoms with Gasteiger partial charge >= 0.3 is 4.87 Å². The molecule has 0 fully saturated rings. The zero-order chi connectivity index (χ0) is 23.3. The molecule has 0 aliphatic carbocycles. The quantitative estimate of drug-likeness (QED) is 0.435. The van der Waals surface area contributed by atoms with E-state index in [0.717, 1.165) is 17.0 Å². The number of amides is 2. The normalized spacial score (nSPS) is 11.1. The summed E-state index contributed by atoms with van der Waals surface area (Å²) in [6, 6.07) is 11.7. The van der Waals surface area contributed by atoms with Gasteiger partial charge in [-0.05, 0) is 37.3 Å². The molecular weight excluding hydrogens is 476 g/mol. The van der Waals surface area contributed by atoms with Gasteiger partial charge < -0.3 is 4.57 Å². The number of carbonyl (C=O) groups is 2. The fourth-order valence-electron chi connectivity index (χ4n) is 2.70. The van der Waals surface area contributed by atoms with Crippen molar-refractivity contribution in [3.8, 4) is 0 Å². The molecule has 1 aromatic heterocycles. The summed E-state index contributed by atoms with van der Waals surface area (Å²) in [6.07, 6.45) is -0.0199. The lowest BCUT2D eigenvalue weighted by Crippen LogP contribution is -2.42. The minimum Gasteiger partial charge on any atom is -0.303 e. The van der Waals surface area contributed by atoms with Gasteiger partial charge in [0.2, 0.25) is 5.91 Å². The average molecular weight is 495 g/mol. The summed E-state index contributed by atoms with van der Waals surface area (Å²) in [5, 5.41) is 1.93. The first-order valence-corrected chi connectivity index (χ1v) is 12.0. The summed E-state index contributed by atoms with van der Waals surface area (Å²) < 4.78 is 29.1. The van der Waals surface area contributed by atoms with Gasteiger partial charge in [0.15, 0.2) is 0 Å². The zero-order valence-electron chi connectivity index (χ0n) is 16.8. The lowest BCUT2D eigenvalue weighted by atomic mass is 10.2. The van der Waals surface area contributed by atoms with Crippen molar-refractivity contribution in [2.75, 3.05) is 4.72 Å². The Kier molecular flexibility index (Phi) is 7.33. The molecule has 9 nitrogen and oxygen atoms in total. The van der Waals surface area contributed by atoms with Crippen LogP contribution in [0.1, 0.15) is 22.5 Å². The number of hydrogen-bond acceptors (Lipinski definition) is 6. The van der Waals surface area contributed by atoms with Crippen molar-refractivity contribution in [3.05, 3.63) is 79.9 Å². The molecule has 1 heterocycles. The first-order valence-electron chi connectivity index (χ1n) is 9.29. The molecule has 0 atom stereocenters. The van der Waals surface area contributed by atoms with Crippen molar-refractivity contribution in [1.29, 1.82) is 0 Å². The fraction of sp³-hybridized carbons (Fsp3) is 0.150. The molecule has 3 rings (SSSR count). The predicted molar refractivity (Wildman–Crippen MR) is 122 cm³/mol. The highest BCUT2D eigenvalue weighted by Crippen LogP contribution is 2.24. The van der Waals surface area contributed by atoms with Crippen LogP contribution >= 0.6 is 22.9 Å². The predicted octanol–water partition coefficient (Wildman–Crippen LogP) is 2.52. The molecular formula is C20H19ClN4O5S2. The van der Waals surface area contributed by atoms with Crippen molar-refractivity contribution in [2.45, 2.75) is 24.8 Å². The van der Waals surface area contributed by atoms with E-state index in [2.05, 4.69) is 15.6 Å². The Balaban J connectivity index is 1.61. The highest BCUT2D eigenvalue weighted by Gasteiger charge is 2.18. The molecule has 12 heteroatoms. The molecule has 0 saturated heterocycles. The SMILES string of the molecule is Cc1csc(=O)n1CCC(=O)NNC(=O)c1cccc(S(=O)(=O)Nc2ccccc2Cl)c1. The summed E-state index contributed by atoms with van der Waals surface area (Å²) in [4.78, 5) is 35.7. The smallest absolute Gasteiger partial charge is 0.303 e. The molecule has 0 aliphatic rings. The summed E-state index contributed by atoms with van der Waals surface area (Å²) in [7, 11) is -4.00. The third kappa shape index (κ3) is 5.75.